The number of rotatable bonds is 6. The van der Waals surface area contributed by atoms with Gasteiger partial charge in [-0.15, -0.1) is 12.4 Å². The molecule has 0 aliphatic heterocycles. The Morgan fingerprint density at radius 1 is 1.24 bits per heavy atom. The molecule has 0 aliphatic carbocycles. The molecular formula is C15H24ClN3O2. The van der Waals surface area contributed by atoms with E-state index < -0.39 is 6.04 Å². The zero-order chi connectivity index (χ0) is 15.1. The normalized spacial score (nSPS) is 12.8. The second-order valence-electron chi connectivity index (χ2n) is 5.12. The van der Waals surface area contributed by atoms with Crippen molar-refractivity contribution in [3.05, 3.63) is 35.9 Å². The number of carbonyl (C=O) groups excluding carboxylic acids is 2. The molecule has 2 atom stereocenters. The van der Waals surface area contributed by atoms with E-state index in [1.165, 1.54) is 4.90 Å². The fourth-order valence-corrected chi connectivity index (χ4v) is 1.78. The van der Waals surface area contributed by atoms with Gasteiger partial charge < -0.3 is 16.0 Å². The quantitative estimate of drug-likeness (QED) is 0.816. The zero-order valence-electron chi connectivity index (χ0n) is 12.7. The molecular weight excluding hydrogens is 290 g/mol. The van der Waals surface area contributed by atoms with Crippen LogP contribution in [0.1, 0.15) is 12.5 Å². The molecule has 0 radical (unpaired) electrons. The molecule has 6 heteroatoms. The van der Waals surface area contributed by atoms with Gasteiger partial charge in [-0.25, -0.2) is 0 Å². The van der Waals surface area contributed by atoms with Crippen molar-refractivity contribution in [2.45, 2.75) is 19.4 Å². The second-order valence-corrected chi connectivity index (χ2v) is 5.12. The van der Waals surface area contributed by atoms with Gasteiger partial charge in [-0.2, -0.15) is 0 Å². The summed E-state index contributed by atoms with van der Waals surface area (Å²) in [4.78, 5) is 25.6. The van der Waals surface area contributed by atoms with Crippen molar-refractivity contribution in [3.63, 3.8) is 0 Å². The third-order valence-corrected chi connectivity index (χ3v) is 3.14. The van der Waals surface area contributed by atoms with Crippen LogP contribution in [0, 0.1) is 5.92 Å². The van der Waals surface area contributed by atoms with E-state index in [9.17, 15) is 9.59 Å². The summed E-state index contributed by atoms with van der Waals surface area (Å²) < 4.78 is 0. The van der Waals surface area contributed by atoms with Crippen molar-refractivity contribution < 1.29 is 9.59 Å². The van der Waals surface area contributed by atoms with E-state index in [2.05, 4.69) is 5.32 Å². The molecule has 0 heterocycles. The van der Waals surface area contributed by atoms with Crippen molar-refractivity contribution in [1.29, 1.82) is 0 Å². The maximum atomic E-state index is 12.2. The minimum absolute atomic E-state index is 0. The summed E-state index contributed by atoms with van der Waals surface area (Å²) in [6.45, 7) is 2.01. The van der Waals surface area contributed by atoms with Crippen LogP contribution in [0.25, 0.3) is 0 Å². The van der Waals surface area contributed by atoms with E-state index >= 15 is 0 Å². The van der Waals surface area contributed by atoms with Crippen molar-refractivity contribution in [2.24, 2.45) is 11.7 Å². The van der Waals surface area contributed by atoms with E-state index in [-0.39, 0.29) is 36.7 Å². The molecule has 0 aromatic heterocycles. The molecule has 1 aromatic carbocycles. The summed E-state index contributed by atoms with van der Waals surface area (Å²) in [5, 5.41) is 2.79. The Bertz CT molecular complexity index is 451. The molecule has 1 aromatic rings. The van der Waals surface area contributed by atoms with Crippen LogP contribution in [0.3, 0.4) is 0 Å². The number of hydrogen-bond acceptors (Lipinski definition) is 3. The van der Waals surface area contributed by atoms with Gasteiger partial charge in [0.05, 0.1) is 0 Å². The number of nitrogens with zero attached hydrogens (tertiary/aromatic N) is 1. The Labute approximate surface area is 132 Å². The first kappa shape index (κ1) is 19.4. The minimum atomic E-state index is -0.561. The number of nitrogens with one attached hydrogen (secondary N) is 1. The van der Waals surface area contributed by atoms with Crippen LogP contribution < -0.4 is 11.1 Å². The molecule has 0 bridgehead atoms. The van der Waals surface area contributed by atoms with Gasteiger partial charge in [0, 0.05) is 33.0 Å². The summed E-state index contributed by atoms with van der Waals surface area (Å²) in [6.07, 6.45) is 0.473. The average molecular weight is 314 g/mol. The number of carbonyl (C=O) groups is 2. The van der Waals surface area contributed by atoms with Gasteiger partial charge in [-0.1, -0.05) is 37.3 Å². The fourth-order valence-electron chi connectivity index (χ4n) is 1.78. The molecule has 5 nitrogen and oxygen atoms in total. The van der Waals surface area contributed by atoms with Gasteiger partial charge in [-0.3, -0.25) is 9.59 Å². The van der Waals surface area contributed by atoms with Crippen molar-refractivity contribution in [1.82, 2.24) is 10.2 Å². The number of nitrogens with two attached hydrogens (primary N) is 1. The highest BCUT2D eigenvalue weighted by molar-refractivity contribution is 5.88. The molecule has 0 saturated carbocycles. The standard InChI is InChI=1S/C15H23N3O2.ClH/c1-11(10-16)14(19)17-13(15(20)18(2)3)9-12-7-5-4-6-8-12;/h4-8,11,13H,9-10,16H2,1-3H3,(H,17,19);1H. The Balaban J connectivity index is 0.00000400. The highest BCUT2D eigenvalue weighted by Crippen LogP contribution is 2.06. The van der Waals surface area contributed by atoms with Crippen LogP contribution >= 0.6 is 12.4 Å². The van der Waals surface area contributed by atoms with Gasteiger partial charge in [0.2, 0.25) is 11.8 Å². The summed E-state index contributed by atoms with van der Waals surface area (Å²) in [6, 6.07) is 9.06. The highest BCUT2D eigenvalue weighted by Gasteiger charge is 2.24. The van der Waals surface area contributed by atoms with E-state index in [0.29, 0.717) is 6.42 Å². The Hall–Kier alpha value is -1.59. The predicted octanol–water partition coefficient (Wildman–Crippen LogP) is 0.819. The fraction of sp³-hybridized carbons (Fsp3) is 0.467. The summed E-state index contributed by atoms with van der Waals surface area (Å²) >= 11 is 0. The molecule has 0 saturated heterocycles. The molecule has 21 heavy (non-hydrogen) atoms. The van der Waals surface area contributed by atoms with Gasteiger partial charge >= 0.3 is 0 Å². The molecule has 2 unspecified atom stereocenters. The molecule has 0 spiro atoms. The van der Waals surface area contributed by atoms with Crippen molar-refractivity contribution in [3.8, 4) is 0 Å². The first-order valence-electron chi connectivity index (χ1n) is 6.71. The third-order valence-electron chi connectivity index (χ3n) is 3.14. The maximum absolute atomic E-state index is 12.2. The zero-order valence-corrected chi connectivity index (χ0v) is 13.5. The van der Waals surface area contributed by atoms with Crippen LogP contribution in [0.5, 0.6) is 0 Å². The predicted molar refractivity (Wildman–Crippen MR) is 86.2 cm³/mol. The lowest BCUT2D eigenvalue weighted by Crippen LogP contribution is -2.49. The number of likely N-dealkylation sites (N-methyl/N-ethyl adjacent to an activating group) is 1. The van der Waals surface area contributed by atoms with Crippen molar-refractivity contribution >= 4 is 24.2 Å². The monoisotopic (exact) mass is 313 g/mol. The van der Waals surface area contributed by atoms with Gasteiger partial charge in [-0.05, 0) is 5.56 Å². The molecule has 2 amide bonds. The Kier molecular flexibility index (Phi) is 8.66. The molecule has 3 N–H and O–H groups in total. The number of amides is 2. The van der Waals surface area contributed by atoms with Crippen LogP contribution in [-0.4, -0.2) is 43.4 Å². The van der Waals surface area contributed by atoms with Gasteiger partial charge in [0.25, 0.3) is 0 Å². The van der Waals surface area contributed by atoms with E-state index in [1.54, 1.807) is 21.0 Å². The summed E-state index contributed by atoms with van der Waals surface area (Å²) in [7, 11) is 3.36. The third kappa shape index (κ3) is 6.14. The van der Waals surface area contributed by atoms with E-state index in [0.717, 1.165) is 5.56 Å². The molecule has 0 aliphatic rings. The molecule has 0 fully saturated rings. The minimum Gasteiger partial charge on any atom is -0.347 e. The summed E-state index contributed by atoms with van der Waals surface area (Å²) in [5.74, 6) is -0.613. The average Bonchev–Trinajstić information content (AvgIpc) is 2.45. The topological polar surface area (TPSA) is 75.4 Å². The highest BCUT2D eigenvalue weighted by atomic mass is 35.5. The number of benzene rings is 1. The Morgan fingerprint density at radius 2 is 1.81 bits per heavy atom. The number of hydrogen-bond donors (Lipinski definition) is 2. The van der Waals surface area contributed by atoms with Gasteiger partial charge in [0.1, 0.15) is 6.04 Å². The lowest BCUT2D eigenvalue weighted by molar-refractivity contribution is -0.135. The van der Waals surface area contributed by atoms with Crippen LogP contribution in [0.15, 0.2) is 30.3 Å². The van der Waals surface area contributed by atoms with Crippen molar-refractivity contribution in [2.75, 3.05) is 20.6 Å². The SMILES string of the molecule is CC(CN)C(=O)NC(Cc1ccccc1)C(=O)N(C)C.Cl. The lowest BCUT2D eigenvalue weighted by atomic mass is 10.0. The molecule has 118 valence electrons. The van der Waals surface area contributed by atoms with E-state index in [4.69, 9.17) is 5.73 Å². The van der Waals surface area contributed by atoms with Crippen LogP contribution in [-0.2, 0) is 16.0 Å². The smallest absolute Gasteiger partial charge is 0.244 e. The van der Waals surface area contributed by atoms with Crippen LogP contribution in [0.4, 0.5) is 0 Å². The van der Waals surface area contributed by atoms with Gasteiger partial charge in [0.15, 0.2) is 0 Å². The lowest BCUT2D eigenvalue weighted by Gasteiger charge is -2.23. The number of halogens is 1. The molecule has 1 rings (SSSR count). The Morgan fingerprint density at radius 3 is 2.29 bits per heavy atom. The first-order chi connectivity index (χ1) is 9.45. The largest absolute Gasteiger partial charge is 0.347 e. The second kappa shape index (κ2) is 9.37. The van der Waals surface area contributed by atoms with E-state index in [1.807, 2.05) is 30.3 Å². The first-order valence-corrected chi connectivity index (χ1v) is 6.71. The summed E-state index contributed by atoms with van der Waals surface area (Å²) in [5.41, 5.74) is 6.49. The van der Waals surface area contributed by atoms with Crippen LogP contribution in [0.2, 0.25) is 0 Å². The maximum Gasteiger partial charge on any atom is 0.244 e.